The highest BCUT2D eigenvalue weighted by atomic mass is 16.5. The molecule has 2 aromatic rings. The van der Waals surface area contributed by atoms with Gasteiger partial charge in [0.15, 0.2) is 0 Å². The van der Waals surface area contributed by atoms with Gasteiger partial charge in [0.1, 0.15) is 11.5 Å². The van der Waals surface area contributed by atoms with Crippen LogP contribution in [-0.4, -0.2) is 60.0 Å². The van der Waals surface area contributed by atoms with Crippen molar-refractivity contribution in [2.24, 2.45) is 17.6 Å². The molecule has 208 valence electrons. The highest BCUT2D eigenvalue weighted by molar-refractivity contribution is 5.79. The van der Waals surface area contributed by atoms with Crippen LogP contribution in [0.15, 0.2) is 42.5 Å². The molecule has 5 atom stereocenters. The zero-order valence-electron chi connectivity index (χ0n) is 23.1. The van der Waals surface area contributed by atoms with Crippen LogP contribution in [0.4, 0.5) is 0 Å². The summed E-state index contributed by atoms with van der Waals surface area (Å²) in [4.78, 5) is 15.3. The Morgan fingerprint density at radius 2 is 1.84 bits per heavy atom. The number of rotatable bonds is 10. The minimum Gasteiger partial charge on any atom is -0.456 e. The Morgan fingerprint density at radius 3 is 2.53 bits per heavy atom. The van der Waals surface area contributed by atoms with Gasteiger partial charge in [-0.05, 0) is 76.0 Å². The second-order valence-corrected chi connectivity index (χ2v) is 11.2. The molecule has 4 N–H and O–H groups in total. The predicted octanol–water partition coefficient (Wildman–Crippen LogP) is 4.44. The second-order valence-electron chi connectivity index (χ2n) is 11.2. The lowest BCUT2D eigenvalue weighted by Gasteiger charge is -2.44. The number of aliphatic hydroxyl groups is 2. The van der Waals surface area contributed by atoms with E-state index in [0.29, 0.717) is 44.7 Å². The molecule has 1 heterocycles. The molecular formula is C31H44N2O5. The van der Waals surface area contributed by atoms with Crippen LogP contribution in [0, 0.1) is 25.7 Å². The van der Waals surface area contributed by atoms with Gasteiger partial charge in [-0.1, -0.05) is 36.4 Å². The lowest BCUT2D eigenvalue weighted by Crippen LogP contribution is -2.49. The molecule has 4 rings (SSSR count). The van der Waals surface area contributed by atoms with Crippen LogP contribution in [0.1, 0.15) is 61.6 Å². The van der Waals surface area contributed by atoms with Gasteiger partial charge < -0.3 is 30.3 Å². The third-order valence-corrected chi connectivity index (χ3v) is 8.47. The Morgan fingerprint density at radius 1 is 1.11 bits per heavy atom. The molecule has 0 aromatic heterocycles. The first-order valence-electron chi connectivity index (χ1n) is 14.0. The monoisotopic (exact) mass is 524 g/mol. The molecule has 2 fully saturated rings. The van der Waals surface area contributed by atoms with E-state index in [9.17, 15) is 15.0 Å². The summed E-state index contributed by atoms with van der Waals surface area (Å²) in [6.07, 6.45) is 4.10. The molecule has 0 spiro atoms. The average Bonchev–Trinajstić information content (AvgIpc) is 3.26. The predicted molar refractivity (Wildman–Crippen MR) is 148 cm³/mol. The molecule has 1 aliphatic heterocycles. The molecule has 1 aliphatic carbocycles. The van der Waals surface area contributed by atoms with Crippen molar-refractivity contribution in [3.63, 3.8) is 0 Å². The summed E-state index contributed by atoms with van der Waals surface area (Å²) >= 11 is 0. The number of unbranched alkanes of at least 4 members (excludes halogenated alkanes) is 1. The zero-order valence-corrected chi connectivity index (χ0v) is 23.1. The molecule has 7 nitrogen and oxygen atoms in total. The summed E-state index contributed by atoms with van der Waals surface area (Å²) in [6, 6.07) is 13.5. The van der Waals surface area contributed by atoms with Gasteiger partial charge in [0, 0.05) is 50.2 Å². The highest BCUT2D eigenvalue weighted by Gasteiger charge is 2.44. The lowest BCUT2D eigenvalue weighted by atomic mass is 9.73. The molecule has 1 unspecified atom stereocenters. The summed E-state index contributed by atoms with van der Waals surface area (Å²) in [6.45, 7) is 5.82. The van der Waals surface area contributed by atoms with E-state index in [1.54, 1.807) is 7.11 Å². The fourth-order valence-corrected chi connectivity index (χ4v) is 6.26. The van der Waals surface area contributed by atoms with E-state index in [-0.39, 0.29) is 23.8 Å². The Balaban J connectivity index is 1.63. The van der Waals surface area contributed by atoms with Gasteiger partial charge in [0.05, 0.1) is 11.7 Å². The summed E-state index contributed by atoms with van der Waals surface area (Å²) in [5.74, 6) is 1.09. The zero-order chi connectivity index (χ0) is 27.3. The third-order valence-electron chi connectivity index (χ3n) is 8.47. The van der Waals surface area contributed by atoms with E-state index in [1.807, 2.05) is 61.2 Å². The second kappa shape index (κ2) is 12.6. The minimum absolute atomic E-state index is 0.0449. The number of aliphatic hydroxyl groups excluding tert-OH is 1. The van der Waals surface area contributed by atoms with Crippen molar-refractivity contribution in [2.45, 2.75) is 76.5 Å². The maximum Gasteiger partial charge on any atom is 0.225 e. The van der Waals surface area contributed by atoms with Gasteiger partial charge in [-0.2, -0.15) is 0 Å². The molecule has 7 heteroatoms. The molecule has 1 saturated heterocycles. The molecule has 0 bridgehead atoms. The van der Waals surface area contributed by atoms with E-state index in [1.165, 1.54) is 0 Å². The quantitative estimate of drug-likeness (QED) is 0.397. The van der Waals surface area contributed by atoms with E-state index >= 15 is 0 Å². The molecule has 1 saturated carbocycles. The molecular weight excluding hydrogens is 480 g/mol. The first-order valence-corrected chi connectivity index (χ1v) is 14.0. The number of ether oxygens (including phenoxy) is 2. The molecule has 1 amide bonds. The number of likely N-dealkylation sites (tertiary alicyclic amines) is 1. The molecule has 0 radical (unpaired) electrons. The number of nitrogens with two attached hydrogens (primary N) is 1. The number of aryl methyl sites for hydroxylation is 2. The Labute approximate surface area is 226 Å². The van der Waals surface area contributed by atoms with Crippen molar-refractivity contribution in [3.8, 4) is 11.5 Å². The SMILES string of the molecule is COCCCCC(O)(c1ccccc1Oc1c(C)cccc1C)[C@@H]1CCCN(C(=O)[C@H]2C[C@@H](N)[C@@H](O)C2)C1. The van der Waals surface area contributed by atoms with Crippen LogP contribution in [0.5, 0.6) is 11.5 Å². The van der Waals surface area contributed by atoms with Crippen molar-refractivity contribution >= 4 is 5.91 Å². The third kappa shape index (κ3) is 6.23. The van der Waals surface area contributed by atoms with Crippen molar-refractivity contribution in [1.29, 1.82) is 0 Å². The summed E-state index contributed by atoms with van der Waals surface area (Å²) in [5, 5.41) is 22.7. The first-order chi connectivity index (χ1) is 18.2. The number of benzene rings is 2. The normalized spacial score (nSPS) is 25.3. The van der Waals surface area contributed by atoms with Crippen LogP contribution in [0.3, 0.4) is 0 Å². The number of nitrogens with zero attached hydrogens (tertiary/aromatic N) is 1. The Kier molecular flexibility index (Phi) is 9.47. The van der Waals surface area contributed by atoms with Crippen molar-refractivity contribution < 1.29 is 24.5 Å². The van der Waals surface area contributed by atoms with Gasteiger partial charge in [-0.25, -0.2) is 0 Å². The van der Waals surface area contributed by atoms with Crippen molar-refractivity contribution in [3.05, 3.63) is 59.2 Å². The van der Waals surface area contributed by atoms with Gasteiger partial charge in [0.2, 0.25) is 5.91 Å². The van der Waals surface area contributed by atoms with Crippen molar-refractivity contribution in [1.82, 2.24) is 4.90 Å². The van der Waals surface area contributed by atoms with Crippen LogP contribution in [0.25, 0.3) is 0 Å². The maximum absolute atomic E-state index is 13.4. The summed E-state index contributed by atoms with van der Waals surface area (Å²) < 4.78 is 11.8. The molecule has 2 aromatic carbocycles. The van der Waals surface area contributed by atoms with Gasteiger partial charge in [0.25, 0.3) is 0 Å². The van der Waals surface area contributed by atoms with Crippen molar-refractivity contribution in [2.75, 3.05) is 26.8 Å². The van der Waals surface area contributed by atoms with Crippen LogP contribution in [-0.2, 0) is 15.1 Å². The number of carbonyl (C=O) groups is 1. The number of amides is 1. The smallest absolute Gasteiger partial charge is 0.225 e. The molecule has 38 heavy (non-hydrogen) atoms. The summed E-state index contributed by atoms with van der Waals surface area (Å²) in [5.41, 5.74) is 7.66. The fraction of sp³-hybridized carbons (Fsp3) is 0.581. The lowest BCUT2D eigenvalue weighted by molar-refractivity contribution is -0.141. The van der Waals surface area contributed by atoms with E-state index in [4.69, 9.17) is 15.2 Å². The number of piperidine rings is 1. The van der Waals surface area contributed by atoms with Gasteiger partial charge >= 0.3 is 0 Å². The number of hydrogen-bond donors (Lipinski definition) is 3. The standard InChI is InChI=1S/C31H44N2O5/c1-21-10-8-11-22(2)29(21)38-28-14-5-4-13-25(28)31(36,15-6-7-17-37-3)24-12-9-16-33(20-24)30(35)23-18-26(32)27(34)19-23/h4-5,8,10-11,13-14,23-24,26-27,34,36H,6-7,9,12,15-20,32H2,1-3H3/t23-,24+,26+,27-,31?/m0/s1. The largest absolute Gasteiger partial charge is 0.456 e. The molecule has 2 aliphatic rings. The highest BCUT2D eigenvalue weighted by Crippen LogP contribution is 2.45. The Hall–Kier alpha value is -2.45. The van der Waals surface area contributed by atoms with E-state index in [2.05, 4.69) is 0 Å². The van der Waals surface area contributed by atoms with Crippen LogP contribution >= 0.6 is 0 Å². The Bertz CT molecular complexity index is 1060. The number of carbonyl (C=O) groups excluding carboxylic acids is 1. The van der Waals surface area contributed by atoms with E-state index < -0.39 is 11.7 Å². The van der Waals surface area contributed by atoms with Crippen LogP contribution < -0.4 is 10.5 Å². The van der Waals surface area contributed by atoms with E-state index in [0.717, 1.165) is 48.1 Å². The van der Waals surface area contributed by atoms with Gasteiger partial charge in [-0.15, -0.1) is 0 Å². The summed E-state index contributed by atoms with van der Waals surface area (Å²) in [7, 11) is 1.69. The topological polar surface area (TPSA) is 105 Å². The fourth-order valence-electron chi connectivity index (χ4n) is 6.26. The average molecular weight is 525 g/mol. The number of para-hydroxylation sites is 2. The van der Waals surface area contributed by atoms with Gasteiger partial charge in [-0.3, -0.25) is 4.79 Å². The first kappa shape index (κ1) is 28.6. The minimum atomic E-state index is -1.18. The maximum atomic E-state index is 13.4. The van der Waals surface area contributed by atoms with Crippen LogP contribution in [0.2, 0.25) is 0 Å². The number of hydrogen-bond acceptors (Lipinski definition) is 6. The number of methoxy groups -OCH3 is 1.